The van der Waals surface area contributed by atoms with Crippen molar-refractivity contribution in [2.75, 3.05) is 5.32 Å². The van der Waals surface area contributed by atoms with Gasteiger partial charge in [-0.3, -0.25) is 10.1 Å². The number of nitro groups is 1. The molecule has 1 atom stereocenters. The lowest BCUT2D eigenvalue weighted by molar-refractivity contribution is -0.385. The Hall–Kier alpha value is -2.11. The van der Waals surface area contributed by atoms with Gasteiger partial charge in [-0.2, -0.15) is 0 Å². The molecule has 1 rings (SSSR count). The van der Waals surface area contributed by atoms with Gasteiger partial charge in [-0.25, -0.2) is 4.79 Å². The van der Waals surface area contributed by atoms with Crippen molar-refractivity contribution in [2.24, 2.45) is 5.92 Å². The highest BCUT2D eigenvalue weighted by Crippen LogP contribution is 2.25. The van der Waals surface area contributed by atoms with Crippen molar-refractivity contribution in [3.63, 3.8) is 0 Å². The number of hydrogen-bond acceptors (Lipinski definition) is 4. The first-order valence-electron chi connectivity index (χ1n) is 6.15. The summed E-state index contributed by atoms with van der Waals surface area (Å²) in [4.78, 5) is 21.1. The number of carboxylic acid groups (broad SMARTS) is 1. The fourth-order valence-corrected chi connectivity index (χ4v) is 1.91. The number of nitro benzene ring substituents is 1. The Morgan fingerprint density at radius 2 is 2.11 bits per heavy atom. The van der Waals surface area contributed by atoms with Crippen molar-refractivity contribution in [3.8, 4) is 0 Å². The summed E-state index contributed by atoms with van der Waals surface area (Å²) in [5, 5.41) is 23.0. The largest absolute Gasteiger partial charge is 0.477 e. The minimum absolute atomic E-state index is 0.190. The van der Waals surface area contributed by atoms with Gasteiger partial charge in [0.05, 0.1) is 4.92 Å². The maximum Gasteiger partial charge on any atom is 0.342 e. The van der Waals surface area contributed by atoms with Crippen LogP contribution in [0.5, 0.6) is 0 Å². The number of nitrogens with one attached hydrogen (secondary N) is 1. The number of benzene rings is 1. The summed E-state index contributed by atoms with van der Waals surface area (Å²) in [6, 6.07) is 4.28. The van der Waals surface area contributed by atoms with E-state index < -0.39 is 16.6 Å². The highest BCUT2D eigenvalue weighted by atomic mass is 16.6. The molecule has 0 bridgehead atoms. The van der Waals surface area contributed by atoms with Crippen molar-refractivity contribution < 1.29 is 14.8 Å². The zero-order chi connectivity index (χ0) is 14.6. The van der Waals surface area contributed by atoms with Gasteiger partial charge in [0.2, 0.25) is 0 Å². The van der Waals surface area contributed by atoms with Crippen LogP contribution in [0.1, 0.15) is 37.6 Å². The molecule has 6 nitrogen and oxygen atoms in total. The molecule has 19 heavy (non-hydrogen) atoms. The molecule has 0 fully saturated rings. The van der Waals surface area contributed by atoms with E-state index in [0.29, 0.717) is 11.6 Å². The number of nitrogens with zero attached hydrogens (tertiary/aromatic N) is 1. The minimum atomic E-state index is -1.30. The molecule has 0 heterocycles. The Morgan fingerprint density at radius 1 is 1.47 bits per heavy atom. The lowest BCUT2D eigenvalue weighted by Crippen LogP contribution is -2.24. The van der Waals surface area contributed by atoms with E-state index in [1.165, 1.54) is 12.1 Å². The van der Waals surface area contributed by atoms with Gasteiger partial charge >= 0.3 is 5.97 Å². The van der Waals surface area contributed by atoms with E-state index in [-0.39, 0.29) is 11.6 Å². The van der Waals surface area contributed by atoms with Crippen LogP contribution in [-0.2, 0) is 0 Å². The van der Waals surface area contributed by atoms with Crippen LogP contribution in [-0.4, -0.2) is 22.0 Å². The summed E-state index contributed by atoms with van der Waals surface area (Å²) in [7, 11) is 0. The minimum Gasteiger partial charge on any atom is -0.477 e. The molecule has 0 aliphatic heterocycles. The predicted molar refractivity (Wildman–Crippen MR) is 72.6 cm³/mol. The van der Waals surface area contributed by atoms with Crippen molar-refractivity contribution in [1.82, 2.24) is 0 Å². The Morgan fingerprint density at radius 3 is 2.53 bits per heavy atom. The Labute approximate surface area is 111 Å². The van der Waals surface area contributed by atoms with E-state index in [1.54, 1.807) is 6.07 Å². The van der Waals surface area contributed by atoms with Gasteiger partial charge in [0.15, 0.2) is 0 Å². The van der Waals surface area contributed by atoms with Gasteiger partial charge in [0.25, 0.3) is 5.69 Å². The Balaban J connectivity index is 3.08. The second kappa shape index (κ2) is 6.17. The van der Waals surface area contributed by atoms with Crippen molar-refractivity contribution in [3.05, 3.63) is 33.9 Å². The average molecular weight is 266 g/mol. The lowest BCUT2D eigenvalue weighted by atomic mass is 10.0. The van der Waals surface area contributed by atoms with Crippen LogP contribution in [0, 0.1) is 16.0 Å². The van der Waals surface area contributed by atoms with E-state index in [4.69, 9.17) is 5.11 Å². The van der Waals surface area contributed by atoms with Crippen molar-refractivity contribution >= 4 is 17.3 Å². The van der Waals surface area contributed by atoms with Crippen molar-refractivity contribution in [2.45, 2.75) is 33.2 Å². The van der Waals surface area contributed by atoms with Crippen LogP contribution in [0.4, 0.5) is 11.4 Å². The molecule has 0 radical (unpaired) electrons. The molecule has 1 unspecified atom stereocenters. The van der Waals surface area contributed by atoms with Crippen LogP contribution in [0.25, 0.3) is 0 Å². The van der Waals surface area contributed by atoms with Crippen LogP contribution in [0.15, 0.2) is 18.2 Å². The second-order valence-corrected chi connectivity index (χ2v) is 4.70. The highest BCUT2D eigenvalue weighted by Gasteiger charge is 2.21. The maximum absolute atomic E-state index is 10.9. The molecular formula is C13H18N2O4. The lowest BCUT2D eigenvalue weighted by Gasteiger charge is -2.21. The number of anilines is 1. The first-order valence-corrected chi connectivity index (χ1v) is 6.15. The molecule has 0 aliphatic rings. The normalized spacial score (nSPS) is 12.2. The van der Waals surface area contributed by atoms with Crippen LogP contribution < -0.4 is 5.32 Å². The molecular weight excluding hydrogens is 248 g/mol. The Kier molecular flexibility index (Phi) is 4.86. The summed E-state index contributed by atoms with van der Waals surface area (Å²) < 4.78 is 0. The molecule has 0 spiro atoms. The fourth-order valence-electron chi connectivity index (χ4n) is 1.91. The molecule has 6 heteroatoms. The van der Waals surface area contributed by atoms with E-state index in [0.717, 1.165) is 6.42 Å². The Bertz CT molecular complexity index is 486. The van der Waals surface area contributed by atoms with E-state index in [1.807, 2.05) is 6.92 Å². The molecule has 0 amide bonds. The third kappa shape index (κ3) is 3.67. The highest BCUT2D eigenvalue weighted by molar-refractivity contribution is 5.93. The fraction of sp³-hybridized carbons (Fsp3) is 0.462. The van der Waals surface area contributed by atoms with E-state index in [2.05, 4.69) is 19.2 Å². The summed E-state index contributed by atoms with van der Waals surface area (Å²) in [5.41, 5.74) is -0.124. The van der Waals surface area contributed by atoms with E-state index >= 15 is 0 Å². The SMILES string of the molecule is CCC(Nc1ccc(C(=O)O)c([N+](=O)[O-])c1)C(C)C. The van der Waals surface area contributed by atoms with Crippen molar-refractivity contribution in [1.29, 1.82) is 0 Å². The monoisotopic (exact) mass is 266 g/mol. The molecule has 1 aromatic rings. The molecule has 0 aliphatic carbocycles. The number of rotatable bonds is 6. The quantitative estimate of drug-likeness (QED) is 0.609. The third-order valence-corrected chi connectivity index (χ3v) is 3.02. The molecule has 0 saturated carbocycles. The smallest absolute Gasteiger partial charge is 0.342 e. The third-order valence-electron chi connectivity index (χ3n) is 3.02. The summed E-state index contributed by atoms with van der Waals surface area (Å²) in [6.45, 7) is 6.14. The van der Waals surface area contributed by atoms with Crippen LogP contribution in [0.2, 0.25) is 0 Å². The van der Waals surface area contributed by atoms with Gasteiger partial charge in [0, 0.05) is 17.8 Å². The van der Waals surface area contributed by atoms with Gasteiger partial charge in [-0.1, -0.05) is 20.8 Å². The number of hydrogen-bond donors (Lipinski definition) is 2. The number of carbonyl (C=O) groups is 1. The zero-order valence-electron chi connectivity index (χ0n) is 11.2. The standard InChI is InChI=1S/C13H18N2O4/c1-4-11(8(2)3)14-9-5-6-10(13(16)17)12(7-9)15(18)19/h5-8,11,14H,4H2,1-3H3,(H,16,17). The number of aromatic carboxylic acids is 1. The van der Waals surface area contributed by atoms with Crippen LogP contribution >= 0.6 is 0 Å². The van der Waals surface area contributed by atoms with E-state index in [9.17, 15) is 14.9 Å². The second-order valence-electron chi connectivity index (χ2n) is 4.70. The first-order chi connectivity index (χ1) is 8.86. The van der Waals surface area contributed by atoms with Gasteiger partial charge in [-0.15, -0.1) is 0 Å². The molecule has 0 aromatic heterocycles. The molecule has 0 saturated heterocycles. The van der Waals surface area contributed by atoms with Crippen LogP contribution in [0.3, 0.4) is 0 Å². The molecule has 2 N–H and O–H groups in total. The van der Waals surface area contributed by atoms with Gasteiger partial charge < -0.3 is 10.4 Å². The molecule has 104 valence electrons. The summed E-state index contributed by atoms with van der Waals surface area (Å²) in [5.74, 6) is -0.919. The summed E-state index contributed by atoms with van der Waals surface area (Å²) in [6.07, 6.45) is 0.881. The van der Waals surface area contributed by atoms with Gasteiger partial charge in [0.1, 0.15) is 5.56 Å². The summed E-state index contributed by atoms with van der Waals surface area (Å²) >= 11 is 0. The van der Waals surface area contributed by atoms with Gasteiger partial charge in [-0.05, 0) is 24.5 Å². The number of carboxylic acids is 1. The predicted octanol–water partition coefficient (Wildman–Crippen LogP) is 3.14. The topological polar surface area (TPSA) is 92.5 Å². The molecule has 1 aromatic carbocycles. The first kappa shape index (κ1) is 14.9. The average Bonchev–Trinajstić information content (AvgIpc) is 2.34. The maximum atomic E-state index is 10.9. The zero-order valence-corrected chi connectivity index (χ0v) is 11.2.